The largest absolute Gasteiger partial charge is 0.468 e. The molecule has 0 radical (unpaired) electrons. The van der Waals surface area contributed by atoms with Crippen molar-refractivity contribution in [1.29, 1.82) is 0 Å². The van der Waals surface area contributed by atoms with Gasteiger partial charge in [0.2, 0.25) is 0 Å². The third kappa shape index (κ3) is 2.57. The summed E-state index contributed by atoms with van der Waals surface area (Å²) in [6.07, 6.45) is 1.54. The van der Waals surface area contributed by atoms with Crippen LogP contribution in [-0.4, -0.2) is 36.1 Å². The summed E-state index contributed by atoms with van der Waals surface area (Å²) >= 11 is 0. The number of aromatic nitrogens is 2. The second-order valence-corrected chi connectivity index (χ2v) is 4.88. The molecule has 0 spiro atoms. The Morgan fingerprint density at radius 1 is 1.14 bits per heavy atom. The van der Waals surface area contributed by atoms with Crippen LogP contribution in [0.4, 0.5) is 0 Å². The molecular weight excluding hydrogens is 288 g/mol. The van der Waals surface area contributed by atoms with Crippen LogP contribution in [0.2, 0.25) is 0 Å². The number of aromatic amines is 1. The first kappa shape index (κ1) is 15.7. The molecule has 2 aromatic rings. The highest BCUT2D eigenvalue weighted by Crippen LogP contribution is 2.28. The Hall–Kier alpha value is -2.70. The highest BCUT2D eigenvalue weighted by atomic mass is 16.5. The number of pyridine rings is 2. The Morgan fingerprint density at radius 2 is 1.73 bits per heavy atom. The van der Waals surface area contributed by atoms with Crippen molar-refractivity contribution in [3.63, 3.8) is 0 Å². The molecule has 2 heterocycles. The van der Waals surface area contributed by atoms with Crippen LogP contribution in [0.1, 0.15) is 22.6 Å². The lowest BCUT2D eigenvalue weighted by Crippen LogP contribution is -2.26. The Morgan fingerprint density at radius 3 is 2.27 bits per heavy atom. The van der Waals surface area contributed by atoms with E-state index in [-0.39, 0.29) is 5.56 Å². The van der Waals surface area contributed by atoms with Crippen molar-refractivity contribution >= 4 is 23.0 Å². The van der Waals surface area contributed by atoms with Gasteiger partial charge in [0.15, 0.2) is 5.92 Å². The summed E-state index contributed by atoms with van der Waals surface area (Å²) in [5.74, 6) is -2.80. The fraction of sp³-hybridized carbons (Fsp3) is 0.333. The third-order valence-electron chi connectivity index (χ3n) is 3.46. The van der Waals surface area contributed by atoms with Crippen molar-refractivity contribution in [3.05, 3.63) is 39.3 Å². The SMILES string of the molecule is COC(=O)C(C(=O)OC)c1c(C)cnc2cc(C)c(=O)[nH]c12. The molecule has 116 valence electrons. The number of ether oxygens (including phenoxy) is 2. The van der Waals surface area contributed by atoms with Crippen molar-refractivity contribution in [1.82, 2.24) is 9.97 Å². The average molecular weight is 304 g/mol. The first-order valence-corrected chi connectivity index (χ1v) is 6.55. The predicted molar refractivity (Wildman–Crippen MR) is 78.6 cm³/mol. The van der Waals surface area contributed by atoms with Crippen molar-refractivity contribution in [2.75, 3.05) is 14.2 Å². The van der Waals surface area contributed by atoms with E-state index in [1.807, 2.05) is 0 Å². The van der Waals surface area contributed by atoms with Gasteiger partial charge in [-0.1, -0.05) is 0 Å². The Kier molecular flexibility index (Phi) is 4.25. The van der Waals surface area contributed by atoms with Crippen LogP contribution in [-0.2, 0) is 19.1 Å². The van der Waals surface area contributed by atoms with E-state index >= 15 is 0 Å². The van der Waals surface area contributed by atoms with E-state index in [4.69, 9.17) is 9.47 Å². The standard InChI is InChI=1S/C15H16N2O5/c1-7-5-9-12(17-13(7)18)10(8(2)6-16-9)11(14(19)21-3)15(20)22-4/h5-6,11H,1-4H3,(H,17,18). The number of carbonyl (C=O) groups is 2. The van der Waals surface area contributed by atoms with Crippen LogP contribution >= 0.6 is 0 Å². The van der Waals surface area contributed by atoms with Gasteiger partial charge in [-0.2, -0.15) is 0 Å². The van der Waals surface area contributed by atoms with Gasteiger partial charge in [0.05, 0.1) is 25.3 Å². The van der Waals surface area contributed by atoms with Crippen LogP contribution in [0.15, 0.2) is 17.1 Å². The fourth-order valence-corrected chi connectivity index (χ4v) is 2.30. The quantitative estimate of drug-likeness (QED) is 0.670. The summed E-state index contributed by atoms with van der Waals surface area (Å²) in [6.45, 7) is 3.34. The van der Waals surface area contributed by atoms with Crippen molar-refractivity contribution < 1.29 is 19.1 Å². The van der Waals surface area contributed by atoms with Gasteiger partial charge in [0.1, 0.15) is 0 Å². The highest BCUT2D eigenvalue weighted by Gasteiger charge is 2.34. The van der Waals surface area contributed by atoms with Crippen molar-refractivity contribution in [2.24, 2.45) is 0 Å². The number of nitrogens with zero attached hydrogens (tertiary/aromatic N) is 1. The van der Waals surface area contributed by atoms with Crippen LogP contribution in [0.5, 0.6) is 0 Å². The van der Waals surface area contributed by atoms with E-state index in [1.54, 1.807) is 19.9 Å². The number of carbonyl (C=O) groups excluding carboxylic acids is 2. The minimum atomic E-state index is -1.28. The zero-order chi connectivity index (χ0) is 16.4. The van der Waals surface area contributed by atoms with Crippen LogP contribution in [0.25, 0.3) is 11.0 Å². The van der Waals surface area contributed by atoms with Crippen LogP contribution < -0.4 is 5.56 Å². The lowest BCUT2D eigenvalue weighted by atomic mass is 9.94. The van der Waals surface area contributed by atoms with Gasteiger partial charge >= 0.3 is 11.9 Å². The molecule has 2 rings (SSSR count). The van der Waals surface area contributed by atoms with Gasteiger partial charge in [-0.15, -0.1) is 0 Å². The lowest BCUT2D eigenvalue weighted by Gasteiger charge is -2.17. The fourth-order valence-electron chi connectivity index (χ4n) is 2.30. The van der Waals surface area contributed by atoms with Gasteiger partial charge in [0, 0.05) is 17.3 Å². The van der Waals surface area contributed by atoms with Gasteiger partial charge in [-0.3, -0.25) is 19.4 Å². The molecule has 0 aliphatic carbocycles. The zero-order valence-electron chi connectivity index (χ0n) is 12.7. The Labute approximate surface area is 126 Å². The predicted octanol–water partition coefficient (Wildman–Crippen LogP) is 0.970. The number of methoxy groups -OCH3 is 2. The Bertz CT molecular complexity index is 793. The number of hydrogen-bond donors (Lipinski definition) is 1. The topological polar surface area (TPSA) is 98.3 Å². The first-order valence-electron chi connectivity index (χ1n) is 6.55. The van der Waals surface area contributed by atoms with Gasteiger partial charge in [-0.05, 0) is 25.5 Å². The summed E-state index contributed by atoms with van der Waals surface area (Å²) in [6, 6.07) is 1.60. The van der Waals surface area contributed by atoms with E-state index in [0.717, 1.165) is 0 Å². The zero-order valence-corrected chi connectivity index (χ0v) is 12.7. The molecular formula is C15H16N2O5. The molecule has 1 N–H and O–H groups in total. The molecule has 7 nitrogen and oxygen atoms in total. The number of nitrogens with one attached hydrogen (secondary N) is 1. The molecule has 0 atom stereocenters. The molecule has 0 saturated heterocycles. The maximum Gasteiger partial charge on any atom is 0.324 e. The molecule has 0 aliphatic rings. The minimum Gasteiger partial charge on any atom is -0.468 e. The number of esters is 2. The molecule has 0 fully saturated rings. The lowest BCUT2D eigenvalue weighted by molar-refractivity contribution is -0.154. The molecule has 0 unspecified atom stereocenters. The maximum atomic E-state index is 12.0. The smallest absolute Gasteiger partial charge is 0.324 e. The van der Waals surface area contributed by atoms with E-state index in [9.17, 15) is 14.4 Å². The molecule has 2 aromatic heterocycles. The van der Waals surface area contributed by atoms with Crippen LogP contribution in [0, 0.1) is 13.8 Å². The molecule has 22 heavy (non-hydrogen) atoms. The van der Waals surface area contributed by atoms with Gasteiger partial charge in [0.25, 0.3) is 5.56 Å². The van der Waals surface area contributed by atoms with Gasteiger partial charge in [-0.25, -0.2) is 0 Å². The average Bonchev–Trinajstić information content (AvgIpc) is 2.51. The Balaban J connectivity index is 2.84. The highest BCUT2D eigenvalue weighted by molar-refractivity contribution is 6.04. The molecule has 0 amide bonds. The molecule has 7 heteroatoms. The van der Waals surface area contributed by atoms with E-state index in [1.165, 1.54) is 20.4 Å². The monoisotopic (exact) mass is 304 g/mol. The summed E-state index contributed by atoms with van der Waals surface area (Å²) in [4.78, 5) is 42.8. The summed E-state index contributed by atoms with van der Waals surface area (Å²) in [7, 11) is 2.37. The number of H-pyrrole nitrogens is 1. The molecule has 0 aliphatic heterocycles. The normalized spacial score (nSPS) is 10.8. The maximum absolute atomic E-state index is 12.0. The number of aryl methyl sites for hydroxylation is 2. The van der Waals surface area contributed by atoms with Gasteiger partial charge < -0.3 is 14.5 Å². The molecule has 0 aromatic carbocycles. The molecule has 0 bridgehead atoms. The summed E-state index contributed by atoms with van der Waals surface area (Å²) in [5.41, 5.74) is 1.90. The summed E-state index contributed by atoms with van der Waals surface area (Å²) in [5, 5.41) is 0. The van der Waals surface area contributed by atoms with E-state index < -0.39 is 17.9 Å². The minimum absolute atomic E-state index is 0.311. The third-order valence-corrected chi connectivity index (χ3v) is 3.46. The first-order chi connectivity index (χ1) is 10.4. The van der Waals surface area contributed by atoms with Crippen LogP contribution in [0.3, 0.4) is 0 Å². The molecule has 0 saturated carbocycles. The second-order valence-electron chi connectivity index (χ2n) is 4.88. The summed E-state index contributed by atoms with van der Waals surface area (Å²) < 4.78 is 9.39. The number of rotatable bonds is 3. The number of fused-ring (bicyclic) bond motifs is 1. The van der Waals surface area contributed by atoms with E-state index in [0.29, 0.717) is 27.7 Å². The van der Waals surface area contributed by atoms with E-state index in [2.05, 4.69) is 9.97 Å². The van der Waals surface area contributed by atoms with Crippen molar-refractivity contribution in [3.8, 4) is 0 Å². The second kappa shape index (κ2) is 5.97. The van der Waals surface area contributed by atoms with Crippen molar-refractivity contribution in [2.45, 2.75) is 19.8 Å². The number of hydrogen-bond acceptors (Lipinski definition) is 6.